The Kier molecular flexibility index (Phi) is 5.60. The third kappa shape index (κ3) is 4.54. The van der Waals surface area contributed by atoms with Crippen LogP contribution >= 0.6 is 11.3 Å². The molecule has 8 heteroatoms. The zero-order valence-electron chi connectivity index (χ0n) is 14.0. The highest BCUT2D eigenvalue weighted by Crippen LogP contribution is 2.19. The number of aromatic nitrogens is 2. The summed E-state index contributed by atoms with van der Waals surface area (Å²) in [4.78, 5) is 34.6. The van der Waals surface area contributed by atoms with Gasteiger partial charge in [-0.3, -0.25) is 14.9 Å². The van der Waals surface area contributed by atoms with Crippen molar-refractivity contribution >= 4 is 34.2 Å². The van der Waals surface area contributed by atoms with E-state index < -0.39 is 0 Å². The summed E-state index contributed by atoms with van der Waals surface area (Å²) in [5.41, 5.74) is 1.06. The third-order valence-corrected chi connectivity index (χ3v) is 4.65. The maximum atomic E-state index is 12.3. The number of ether oxygens (including phenoxy) is 1. The molecule has 0 unspecified atom stereocenters. The Hall–Kier alpha value is -2.48. The minimum atomic E-state index is -0.327. The molecule has 0 atom stereocenters. The summed E-state index contributed by atoms with van der Waals surface area (Å²) in [5, 5.41) is 4.92. The monoisotopic (exact) mass is 360 g/mol. The second-order valence-electron chi connectivity index (χ2n) is 5.68. The molecule has 3 rings (SSSR count). The molecule has 7 nitrogen and oxygen atoms in total. The number of amides is 1. The summed E-state index contributed by atoms with van der Waals surface area (Å²) < 4.78 is 4.88. The van der Waals surface area contributed by atoms with Crippen molar-refractivity contribution < 1.29 is 14.3 Å². The number of nitrogens with one attached hydrogen (secondary N) is 1. The summed E-state index contributed by atoms with van der Waals surface area (Å²) in [7, 11) is 0. The first-order valence-corrected chi connectivity index (χ1v) is 9.16. The second kappa shape index (κ2) is 8.06. The van der Waals surface area contributed by atoms with E-state index in [1.807, 2.05) is 6.07 Å². The van der Waals surface area contributed by atoms with Gasteiger partial charge in [-0.1, -0.05) is 0 Å². The molecule has 0 bridgehead atoms. The molecule has 3 heterocycles. The van der Waals surface area contributed by atoms with E-state index in [0.717, 1.165) is 18.9 Å². The van der Waals surface area contributed by atoms with Gasteiger partial charge in [-0.2, -0.15) is 0 Å². The van der Waals surface area contributed by atoms with Crippen LogP contribution in [0.5, 0.6) is 0 Å². The molecule has 2 aromatic heterocycles. The van der Waals surface area contributed by atoms with Crippen LogP contribution in [0.3, 0.4) is 0 Å². The standard InChI is InChI=1S/C17H20N4O3S/c1-2-24-15(22)9-13-11-25-17(19-13)20-16(23)12-5-6-14(18-10-12)21-7-3-4-8-21/h5-6,10-11H,2-4,7-9H2,1H3,(H,19,20,23). The van der Waals surface area contributed by atoms with Crippen LogP contribution in [0.4, 0.5) is 10.9 Å². The summed E-state index contributed by atoms with van der Waals surface area (Å²) >= 11 is 1.28. The minimum absolute atomic E-state index is 0.103. The van der Waals surface area contributed by atoms with Gasteiger partial charge in [-0.05, 0) is 31.9 Å². The van der Waals surface area contributed by atoms with Crippen molar-refractivity contribution in [2.24, 2.45) is 0 Å². The van der Waals surface area contributed by atoms with Crippen LogP contribution in [0.1, 0.15) is 35.8 Å². The van der Waals surface area contributed by atoms with Gasteiger partial charge in [0.2, 0.25) is 0 Å². The molecule has 0 radical (unpaired) electrons. The van der Waals surface area contributed by atoms with E-state index in [4.69, 9.17) is 4.74 Å². The predicted octanol–water partition coefficient (Wildman–Crippen LogP) is 2.50. The first-order valence-electron chi connectivity index (χ1n) is 8.28. The average molecular weight is 360 g/mol. The summed E-state index contributed by atoms with van der Waals surface area (Å²) in [6.45, 7) is 4.13. The van der Waals surface area contributed by atoms with Crippen LogP contribution in [0.25, 0.3) is 0 Å². The number of rotatable bonds is 6. The molecule has 1 aliphatic heterocycles. The normalized spacial score (nSPS) is 13.7. The molecule has 0 spiro atoms. The quantitative estimate of drug-likeness (QED) is 0.797. The van der Waals surface area contributed by atoms with Gasteiger partial charge in [0.05, 0.1) is 24.3 Å². The zero-order chi connectivity index (χ0) is 17.6. The number of nitrogens with zero attached hydrogens (tertiary/aromatic N) is 3. The molecular weight excluding hydrogens is 340 g/mol. The van der Waals surface area contributed by atoms with E-state index in [0.29, 0.717) is 23.0 Å². The van der Waals surface area contributed by atoms with Gasteiger partial charge >= 0.3 is 5.97 Å². The molecule has 0 saturated carbocycles. The van der Waals surface area contributed by atoms with Gasteiger partial charge < -0.3 is 9.64 Å². The highest BCUT2D eigenvalue weighted by Gasteiger charge is 2.15. The number of esters is 1. The van der Waals surface area contributed by atoms with Crippen LogP contribution in [0.2, 0.25) is 0 Å². The molecule has 1 fully saturated rings. The molecule has 1 N–H and O–H groups in total. The Morgan fingerprint density at radius 1 is 1.32 bits per heavy atom. The fraction of sp³-hybridized carbons (Fsp3) is 0.412. The number of hydrogen-bond donors (Lipinski definition) is 1. The van der Waals surface area contributed by atoms with Gasteiger partial charge in [0.25, 0.3) is 5.91 Å². The Bertz CT molecular complexity index is 739. The van der Waals surface area contributed by atoms with Crippen molar-refractivity contribution in [1.82, 2.24) is 9.97 Å². The van der Waals surface area contributed by atoms with Crippen LogP contribution in [0.15, 0.2) is 23.7 Å². The molecule has 2 aromatic rings. The smallest absolute Gasteiger partial charge is 0.311 e. The summed E-state index contributed by atoms with van der Waals surface area (Å²) in [5.74, 6) is 0.310. The molecule has 1 amide bonds. The lowest BCUT2D eigenvalue weighted by Gasteiger charge is -2.15. The highest BCUT2D eigenvalue weighted by molar-refractivity contribution is 7.14. The number of hydrogen-bond acceptors (Lipinski definition) is 7. The molecule has 1 saturated heterocycles. The van der Waals surface area contributed by atoms with Gasteiger partial charge in [-0.25, -0.2) is 9.97 Å². The minimum Gasteiger partial charge on any atom is -0.466 e. The molecular formula is C17H20N4O3S. The van der Waals surface area contributed by atoms with E-state index in [1.54, 1.807) is 24.6 Å². The van der Waals surface area contributed by atoms with Crippen LogP contribution in [0, 0.1) is 0 Å². The summed E-state index contributed by atoms with van der Waals surface area (Å²) in [6, 6.07) is 3.64. The first kappa shape index (κ1) is 17.3. The van der Waals surface area contributed by atoms with Gasteiger partial charge in [-0.15, -0.1) is 11.3 Å². The Balaban J connectivity index is 1.58. The van der Waals surface area contributed by atoms with Crippen molar-refractivity contribution in [3.05, 3.63) is 35.0 Å². The van der Waals surface area contributed by atoms with Crippen molar-refractivity contribution in [2.45, 2.75) is 26.2 Å². The van der Waals surface area contributed by atoms with E-state index >= 15 is 0 Å². The van der Waals surface area contributed by atoms with Crippen molar-refractivity contribution in [2.75, 3.05) is 29.9 Å². The Labute approximate surface area is 150 Å². The predicted molar refractivity (Wildman–Crippen MR) is 96.1 cm³/mol. The Morgan fingerprint density at radius 2 is 2.12 bits per heavy atom. The van der Waals surface area contributed by atoms with E-state index in [-0.39, 0.29) is 18.3 Å². The average Bonchev–Trinajstić information content (AvgIpc) is 3.27. The molecule has 0 aliphatic carbocycles. The summed E-state index contributed by atoms with van der Waals surface area (Å²) in [6.07, 6.45) is 4.05. The van der Waals surface area contributed by atoms with Gasteiger partial charge in [0, 0.05) is 24.7 Å². The van der Waals surface area contributed by atoms with Crippen LogP contribution in [-0.4, -0.2) is 41.5 Å². The zero-order valence-corrected chi connectivity index (χ0v) is 14.8. The Morgan fingerprint density at radius 3 is 2.80 bits per heavy atom. The third-order valence-electron chi connectivity index (χ3n) is 3.84. The number of carbonyl (C=O) groups is 2. The lowest BCUT2D eigenvalue weighted by atomic mass is 10.2. The lowest BCUT2D eigenvalue weighted by molar-refractivity contribution is -0.142. The molecule has 1 aliphatic rings. The maximum absolute atomic E-state index is 12.3. The fourth-order valence-electron chi connectivity index (χ4n) is 2.63. The van der Waals surface area contributed by atoms with Crippen molar-refractivity contribution in [3.8, 4) is 0 Å². The van der Waals surface area contributed by atoms with E-state index in [1.165, 1.54) is 24.2 Å². The molecule has 0 aromatic carbocycles. The van der Waals surface area contributed by atoms with Gasteiger partial charge in [0.1, 0.15) is 5.82 Å². The van der Waals surface area contributed by atoms with E-state index in [9.17, 15) is 9.59 Å². The van der Waals surface area contributed by atoms with Gasteiger partial charge in [0.15, 0.2) is 5.13 Å². The molecule has 132 valence electrons. The first-order chi connectivity index (χ1) is 12.2. The fourth-order valence-corrected chi connectivity index (χ4v) is 3.33. The maximum Gasteiger partial charge on any atom is 0.311 e. The van der Waals surface area contributed by atoms with E-state index in [2.05, 4.69) is 20.2 Å². The van der Waals surface area contributed by atoms with Crippen LogP contribution in [-0.2, 0) is 16.0 Å². The number of anilines is 2. The topological polar surface area (TPSA) is 84.4 Å². The largest absolute Gasteiger partial charge is 0.466 e. The molecule has 25 heavy (non-hydrogen) atoms. The van der Waals surface area contributed by atoms with Crippen molar-refractivity contribution in [3.63, 3.8) is 0 Å². The van der Waals surface area contributed by atoms with Crippen LogP contribution < -0.4 is 10.2 Å². The second-order valence-corrected chi connectivity index (χ2v) is 6.54. The SMILES string of the molecule is CCOC(=O)Cc1csc(NC(=O)c2ccc(N3CCCC3)nc2)n1. The number of pyridine rings is 1. The number of thiazole rings is 1. The van der Waals surface area contributed by atoms with Crippen molar-refractivity contribution in [1.29, 1.82) is 0 Å². The number of carbonyl (C=O) groups excluding carboxylic acids is 2. The highest BCUT2D eigenvalue weighted by atomic mass is 32.1. The lowest BCUT2D eigenvalue weighted by Crippen LogP contribution is -2.19.